The molecule has 1 aromatic heterocycles. The summed E-state index contributed by atoms with van der Waals surface area (Å²) in [7, 11) is 0. The summed E-state index contributed by atoms with van der Waals surface area (Å²) in [6.07, 6.45) is 1.16. The van der Waals surface area contributed by atoms with Gasteiger partial charge in [0, 0.05) is 0 Å². The van der Waals surface area contributed by atoms with Crippen LogP contribution >= 0.6 is 0 Å². The first-order chi connectivity index (χ1) is 4.74. The fourth-order valence-corrected chi connectivity index (χ4v) is 0.490. The normalized spacial score (nSPS) is 9.40. The molecule has 10 heavy (non-hydrogen) atoms. The quantitative estimate of drug-likeness (QED) is 0.543. The highest BCUT2D eigenvalue weighted by molar-refractivity contribution is 5.72. The Hall–Kier alpha value is -1.32. The highest BCUT2D eigenvalue weighted by Gasteiger charge is 2.03. The van der Waals surface area contributed by atoms with E-state index in [9.17, 15) is 13.6 Å². The number of halogens is 2. The van der Waals surface area contributed by atoms with Crippen molar-refractivity contribution in [3.63, 3.8) is 0 Å². The maximum absolute atomic E-state index is 12.3. The molecule has 2 nitrogen and oxygen atoms in total. The average Bonchev–Trinajstić information content (AvgIpc) is 1.94. The van der Waals surface area contributed by atoms with Crippen LogP contribution in [0.5, 0.6) is 0 Å². The van der Waals surface area contributed by atoms with Gasteiger partial charge >= 0.3 is 0 Å². The van der Waals surface area contributed by atoms with Crippen molar-refractivity contribution in [2.45, 2.75) is 0 Å². The predicted molar refractivity (Wildman–Crippen MR) is 28.9 cm³/mol. The molecule has 0 aliphatic carbocycles. The lowest BCUT2D eigenvalue weighted by molar-refractivity contribution is 0.536. The van der Waals surface area contributed by atoms with Gasteiger partial charge in [0.25, 0.3) is 6.29 Å². The van der Waals surface area contributed by atoms with E-state index in [0.29, 0.717) is 0 Å². The van der Waals surface area contributed by atoms with Crippen LogP contribution in [0.3, 0.4) is 0 Å². The van der Waals surface area contributed by atoms with Gasteiger partial charge in [-0.25, -0.2) is 9.37 Å². The van der Waals surface area contributed by atoms with Gasteiger partial charge in [-0.1, -0.05) is 0 Å². The zero-order chi connectivity index (χ0) is 7.56. The summed E-state index contributed by atoms with van der Waals surface area (Å²) < 4.78 is 24.4. The van der Waals surface area contributed by atoms with Crippen molar-refractivity contribution >= 4 is 6.29 Å². The monoisotopic (exact) mass is 142 g/mol. The second-order valence-electron chi connectivity index (χ2n) is 1.57. The van der Waals surface area contributed by atoms with Crippen molar-refractivity contribution < 1.29 is 13.6 Å². The molecule has 1 heterocycles. The smallest absolute Gasteiger partial charge is 0.256 e. The Kier molecular flexibility index (Phi) is 1.71. The Morgan fingerprint density at radius 3 is 2.60 bits per heavy atom. The summed E-state index contributed by atoms with van der Waals surface area (Å²) in [6, 6.07) is 1.65. The molecule has 0 aromatic carbocycles. The van der Waals surface area contributed by atoms with Crippen LogP contribution in [0, 0.1) is 11.8 Å². The minimum Gasteiger partial charge on any atom is -0.283 e. The van der Waals surface area contributed by atoms with E-state index in [-0.39, 0.29) is 0 Å². The lowest BCUT2D eigenvalue weighted by Crippen LogP contribution is -1.94. The molecule has 51 valence electrons. The molecule has 1 aromatic rings. The number of nitrogens with zero attached hydrogens (tertiary/aromatic N) is 1. The van der Waals surface area contributed by atoms with Crippen molar-refractivity contribution in [3.8, 4) is 0 Å². The van der Waals surface area contributed by atoms with E-state index >= 15 is 0 Å². The molecule has 1 rings (SSSR count). The van der Waals surface area contributed by atoms with Gasteiger partial charge in [-0.2, -0.15) is 4.39 Å². The number of hydrogen-bond acceptors (Lipinski definition) is 2. The van der Waals surface area contributed by atoms with Crippen molar-refractivity contribution in [1.29, 1.82) is 0 Å². The van der Waals surface area contributed by atoms with Crippen LogP contribution in [0.2, 0.25) is 0 Å². The Balaban J connectivity index is 3.21. The molecule has 0 aliphatic rings. The second-order valence-corrected chi connectivity index (χ2v) is 1.57. The Bertz CT molecular complexity index is 262. The molecule has 0 atom stereocenters. The third-order valence-corrected chi connectivity index (χ3v) is 0.909. The minimum absolute atomic E-state index is 0.625. The van der Waals surface area contributed by atoms with E-state index in [4.69, 9.17) is 0 Å². The number of pyridine rings is 1. The van der Waals surface area contributed by atoms with Crippen molar-refractivity contribution in [3.05, 3.63) is 29.6 Å². The first kappa shape index (κ1) is 6.80. The van der Waals surface area contributed by atoms with E-state index in [0.717, 1.165) is 18.4 Å². The van der Waals surface area contributed by atoms with Crippen molar-refractivity contribution in [2.75, 3.05) is 0 Å². The largest absolute Gasteiger partial charge is 0.283 e. The summed E-state index contributed by atoms with van der Waals surface area (Å²) in [4.78, 5) is 12.7. The molecule has 0 amide bonds. The number of rotatable bonds is 1. The maximum atomic E-state index is 12.3. The number of carbonyl (C=O) groups excluding carboxylic acids is 1. The molecule has 0 spiro atoms. The minimum atomic E-state index is -0.889. The van der Waals surface area contributed by atoms with Gasteiger partial charge in [0.1, 0.15) is 0 Å². The molecule has 4 heteroatoms. The Labute approximate surface area is 55.5 Å². The van der Waals surface area contributed by atoms with Crippen molar-refractivity contribution in [1.82, 2.24) is 4.98 Å². The van der Waals surface area contributed by atoms with E-state index in [2.05, 4.69) is 4.98 Å². The molecule has 0 N–H and O–H groups in total. The fourth-order valence-electron chi connectivity index (χ4n) is 0.490. The molecule has 0 saturated heterocycles. The summed E-state index contributed by atoms with van der Waals surface area (Å²) in [6.45, 7) is 0. The van der Waals surface area contributed by atoms with E-state index in [1.165, 1.54) is 0 Å². The summed E-state index contributed by atoms with van der Waals surface area (Å²) in [5, 5.41) is 0. The standard InChI is InChI=1S/C6H2F2NO/c7-4-1-2-6(8)9-5(4)3-10/h1-2H. The SMILES string of the molecule is O=[C]c1nc(F)ccc1F. The van der Waals surface area contributed by atoms with Gasteiger partial charge in [-0.05, 0) is 12.1 Å². The van der Waals surface area contributed by atoms with E-state index < -0.39 is 17.5 Å². The second kappa shape index (κ2) is 2.51. The lowest BCUT2D eigenvalue weighted by Gasteiger charge is -1.89. The summed E-state index contributed by atoms with van der Waals surface area (Å²) in [5.41, 5.74) is -0.625. The van der Waals surface area contributed by atoms with Crippen LogP contribution in [0.4, 0.5) is 8.78 Å². The molecular formula is C6H2F2NO. The van der Waals surface area contributed by atoms with Crippen LogP contribution in [0.1, 0.15) is 5.69 Å². The highest BCUT2D eigenvalue weighted by Crippen LogP contribution is 2.01. The molecule has 0 bridgehead atoms. The zero-order valence-corrected chi connectivity index (χ0v) is 4.77. The van der Waals surface area contributed by atoms with Crippen LogP contribution in [0.25, 0.3) is 0 Å². The van der Waals surface area contributed by atoms with E-state index in [1.807, 2.05) is 0 Å². The first-order valence-electron chi connectivity index (χ1n) is 2.44. The van der Waals surface area contributed by atoms with Crippen molar-refractivity contribution in [2.24, 2.45) is 0 Å². The van der Waals surface area contributed by atoms with Gasteiger partial charge in [0.05, 0.1) is 0 Å². The molecule has 0 aliphatic heterocycles. The zero-order valence-electron chi connectivity index (χ0n) is 4.77. The summed E-state index contributed by atoms with van der Waals surface area (Å²) in [5.74, 6) is -1.75. The van der Waals surface area contributed by atoms with Gasteiger partial charge < -0.3 is 0 Å². The average molecular weight is 142 g/mol. The van der Waals surface area contributed by atoms with Gasteiger partial charge in [-0.3, -0.25) is 4.79 Å². The van der Waals surface area contributed by atoms with Crippen LogP contribution in [0.15, 0.2) is 12.1 Å². The predicted octanol–water partition coefficient (Wildman–Crippen LogP) is 0.818. The molecule has 0 fully saturated rings. The summed E-state index contributed by atoms with van der Waals surface area (Å²) >= 11 is 0. The lowest BCUT2D eigenvalue weighted by atomic mass is 10.3. The van der Waals surface area contributed by atoms with Gasteiger partial charge in [-0.15, -0.1) is 0 Å². The van der Waals surface area contributed by atoms with Crippen LogP contribution < -0.4 is 0 Å². The highest BCUT2D eigenvalue weighted by atomic mass is 19.1. The van der Waals surface area contributed by atoms with E-state index in [1.54, 1.807) is 0 Å². The van der Waals surface area contributed by atoms with Gasteiger partial charge in [0.15, 0.2) is 11.5 Å². The topological polar surface area (TPSA) is 30.0 Å². The third kappa shape index (κ3) is 1.15. The maximum Gasteiger partial charge on any atom is 0.256 e. The molecule has 1 radical (unpaired) electrons. The Morgan fingerprint density at radius 1 is 1.40 bits per heavy atom. The number of aromatic nitrogens is 1. The molecule has 0 unspecified atom stereocenters. The Morgan fingerprint density at radius 2 is 2.10 bits per heavy atom. The van der Waals surface area contributed by atoms with Crippen LogP contribution in [-0.2, 0) is 4.79 Å². The van der Waals surface area contributed by atoms with Gasteiger partial charge in [0.2, 0.25) is 5.95 Å². The van der Waals surface area contributed by atoms with Crippen LogP contribution in [-0.4, -0.2) is 11.3 Å². The molecule has 0 saturated carbocycles. The molecular weight excluding hydrogens is 140 g/mol. The fraction of sp³-hybridized carbons (Fsp3) is 0. The third-order valence-electron chi connectivity index (χ3n) is 0.909. The number of hydrogen-bond donors (Lipinski definition) is 0. The first-order valence-corrected chi connectivity index (χ1v) is 2.44.